The molecule has 150 valence electrons. The average molecular weight is 377 g/mol. The predicted molar refractivity (Wildman–Crippen MR) is 104 cm³/mol. The Morgan fingerprint density at radius 2 is 1.74 bits per heavy atom. The van der Waals surface area contributed by atoms with E-state index in [1.807, 2.05) is 13.8 Å². The van der Waals surface area contributed by atoms with Crippen molar-refractivity contribution in [2.75, 3.05) is 6.54 Å². The summed E-state index contributed by atoms with van der Waals surface area (Å²) in [6.07, 6.45) is 0.879. The Labute approximate surface area is 161 Å². The molecule has 0 aliphatic rings. The Hall–Kier alpha value is -2.41. The third-order valence-electron chi connectivity index (χ3n) is 3.73. The summed E-state index contributed by atoms with van der Waals surface area (Å²) in [4.78, 5) is 37.2. The second-order valence-corrected chi connectivity index (χ2v) is 7.86. The molecule has 27 heavy (non-hydrogen) atoms. The monoisotopic (exact) mass is 377 g/mol. The molecule has 1 atom stereocenters. The summed E-state index contributed by atoms with van der Waals surface area (Å²) in [6.45, 7) is 9.05. The number of carbonyl (C=O) groups is 3. The van der Waals surface area contributed by atoms with Crippen LogP contribution in [-0.4, -0.2) is 41.0 Å². The minimum absolute atomic E-state index is 0.132. The van der Waals surface area contributed by atoms with E-state index in [-0.39, 0.29) is 24.8 Å². The van der Waals surface area contributed by atoms with Crippen molar-refractivity contribution >= 4 is 17.8 Å². The van der Waals surface area contributed by atoms with Gasteiger partial charge >= 0.3 is 5.97 Å². The van der Waals surface area contributed by atoms with Crippen molar-refractivity contribution in [3.63, 3.8) is 0 Å². The molecule has 7 heteroatoms. The Kier molecular flexibility index (Phi) is 8.43. The molecule has 0 radical (unpaired) electrons. The third kappa shape index (κ3) is 8.21. The number of esters is 1. The van der Waals surface area contributed by atoms with Gasteiger partial charge in [0.15, 0.2) is 6.04 Å². The van der Waals surface area contributed by atoms with E-state index in [9.17, 15) is 14.4 Å². The van der Waals surface area contributed by atoms with E-state index in [4.69, 9.17) is 10.6 Å². The van der Waals surface area contributed by atoms with Crippen molar-refractivity contribution in [2.24, 2.45) is 11.8 Å². The Balaban J connectivity index is 2.85. The Bertz CT molecular complexity index is 638. The zero-order valence-electron chi connectivity index (χ0n) is 16.8. The van der Waals surface area contributed by atoms with E-state index in [0.29, 0.717) is 17.9 Å². The summed E-state index contributed by atoms with van der Waals surface area (Å²) >= 11 is 0. The molecule has 2 amide bonds. The SMILES string of the molecule is CC(C)CCC(=O)N(N)[C@H](CNC(=O)c1ccccc1)C(=O)OC(C)(C)C. The molecule has 0 spiro atoms. The highest BCUT2D eigenvalue weighted by Crippen LogP contribution is 2.12. The van der Waals surface area contributed by atoms with Gasteiger partial charge < -0.3 is 10.1 Å². The molecular weight excluding hydrogens is 346 g/mol. The van der Waals surface area contributed by atoms with Crippen LogP contribution in [0.5, 0.6) is 0 Å². The topological polar surface area (TPSA) is 102 Å². The van der Waals surface area contributed by atoms with Crippen LogP contribution in [0, 0.1) is 5.92 Å². The molecule has 7 nitrogen and oxygen atoms in total. The van der Waals surface area contributed by atoms with E-state index in [1.54, 1.807) is 51.1 Å². The number of nitrogens with two attached hydrogens (primary N) is 1. The molecule has 1 rings (SSSR count). The molecule has 0 fully saturated rings. The first-order chi connectivity index (χ1) is 12.5. The summed E-state index contributed by atoms with van der Waals surface area (Å²) in [5, 5.41) is 3.53. The second-order valence-electron chi connectivity index (χ2n) is 7.86. The molecule has 0 saturated heterocycles. The lowest BCUT2D eigenvalue weighted by molar-refractivity contribution is -0.164. The predicted octanol–water partition coefficient (Wildman–Crippen LogP) is 2.27. The van der Waals surface area contributed by atoms with Gasteiger partial charge in [-0.1, -0.05) is 32.0 Å². The van der Waals surface area contributed by atoms with Crippen molar-refractivity contribution in [1.82, 2.24) is 10.3 Å². The smallest absolute Gasteiger partial charge is 0.332 e. The van der Waals surface area contributed by atoms with Crippen molar-refractivity contribution in [3.8, 4) is 0 Å². The number of nitrogens with zero attached hydrogens (tertiary/aromatic N) is 1. The lowest BCUT2D eigenvalue weighted by atomic mass is 10.1. The minimum Gasteiger partial charge on any atom is -0.458 e. The molecule has 1 aromatic carbocycles. The fraction of sp³-hybridized carbons (Fsp3) is 0.550. The minimum atomic E-state index is -1.10. The quantitative estimate of drug-likeness (QED) is 0.313. The molecule has 3 N–H and O–H groups in total. The van der Waals surface area contributed by atoms with E-state index in [0.717, 1.165) is 5.01 Å². The summed E-state index contributed by atoms with van der Waals surface area (Å²) in [5.41, 5.74) is -0.282. The summed E-state index contributed by atoms with van der Waals surface area (Å²) < 4.78 is 5.37. The van der Waals surface area contributed by atoms with Crippen LogP contribution in [0.25, 0.3) is 0 Å². The molecule has 0 bridgehead atoms. The average Bonchev–Trinajstić information content (AvgIpc) is 2.58. The van der Waals surface area contributed by atoms with Crippen LogP contribution in [0.2, 0.25) is 0 Å². The Morgan fingerprint density at radius 3 is 2.26 bits per heavy atom. The maximum atomic E-state index is 12.5. The van der Waals surface area contributed by atoms with Crippen LogP contribution in [0.1, 0.15) is 57.8 Å². The lowest BCUT2D eigenvalue weighted by Crippen LogP contribution is -2.56. The first-order valence-electron chi connectivity index (χ1n) is 9.14. The van der Waals surface area contributed by atoms with Gasteiger partial charge in [-0.15, -0.1) is 0 Å². The van der Waals surface area contributed by atoms with Crippen LogP contribution in [-0.2, 0) is 14.3 Å². The van der Waals surface area contributed by atoms with Gasteiger partial charge in [0, 0.05) is 12.0 Å². The van der Waals surface area contributed by atoms with Crippen molar-refractivity contribution in [2.45, 2.75) is 59.1 Å². The number of amides is 2. The molecule has 0 saturated carbocycles. The van der Waals surface area contributed by atoms with Crippen LogP contribution >= 0.6 is 0 Å². The first kappa shape index (κ1) is 22.6. The van der Waals surface area contributed by atoms with Crippen LogP contribution in [0.3, 0.4) is 0 Å². The molecule has 0 aliphatic carbocycles. The molecule has 0 aromatic heterocycles. The standard InChI is InChI=1S/C20H31N3O4/c1-14(2)11-12-17(24)23(21)16(19(26)27-20(3,4)5)13-22-18(25)15-9-7-6-8-10-15/h6-10,14,16H,11-13,21H2,1-5H3,(H,22,25)/t16-/m1/s1. The van der Waals surface area contributed by atoms with Crippen LogP contribution in [0.15, 0.2) is 30.3 Å². The summed E-state index contributed by atoms with van der Waals surface area (Å²) in [6, 6.07) is 7.50. The molecule has 0 unspecified atom stereocenters. The number of carbonyl (C=O) groups excluding carboxylic acids is 3. The van der Waals surface area contributed by atoms with Crippen molar-refractivity contribution < 1.29 is 19.1 Å². The van der Waals surface area contributed by atoms with Gasteiger partial charge in [-0.25, -0.2) is 10.6 Å². The number of hydrazine groups is 1. The van der Waals surface area contributed by atoms with Gasteiger partial charge in [0.25, 0.3) is 5.91 Å². The van der Waals surface area contributed by atoms with Crippen molar-refractivity contribution in [1.29, 1.82) is 0 Å². The number of benzene rings is 1. The number of rotatable bonds is 8. The number of ether oxygens (including phenoxy) is 1. The van der Waals surface area contributed by atoms with Gasteiger partial charge in [0.05, 0.1) is 6.54 Å². The normalized spacial score (nSPS) is 12.4. The highest BCUT2D eigenvalue weighted by Gasteiger charge is 2.32. The summed E-state index contributed by atoms with van der Waals surface area (Å²) in [5.74, 6) is 4.88. The van der Waals surface area contributed by atoms with Gasteiger partial charge in [-0.05, 0) is 45.2 Å². The van der Waals surface area contributed by atoms with E-state index in [1.165, 1.54) is 0 Å². The fourth-order valence-corrected chi connectivity index (χ4v) is 2.26. The summed E-state index contributed by atoms with van der Waals surface area (Å²) in [7, 11) is 0. The molecule has 0 aliphatic heterocycles. The number of hydrogen-bond acceptors (Lipinski definition) is 5. The van der Waals surface area contributed by atoms with Gasteiger partial charge in [0.2, 0.25) is 5.91 Å². The maximum Gasteiger partial charge on any atom is 0.332 e. The van der Waals surface area contributed by atoms with Crippen molar-refractivity contribution in [3.05, 3.63) is 35.9 Å². The fourth-order valence-electron chi connectivity index (χ4n) is 2.26. The first-order valence-corrected chi connectivity index (χ1v) is 9.14. The van der Waals surface area contributed by atoms with Gasteiger partial charge in [0.1, 0.15) is 5.60 Å². The number of hydrogen-bond donors (Lipinski definition) is 2. The third-order valence-corrected chi connectivity index (χ3v) is 3.73. The lowest BCUT2D eigenvalue weighted by Gasteiger charge is -2.29. The van der Waals surface area contributed by atoms with E-state index < -0.39 is 17.6 Å². The number of nitrogens with one attached hydrogen (secondary N) is 1. The van der Waals surface area contributed by atoms with E-state index in [2.05, 4.69) is 5.32 Å². The molecular formula is C20H31N3O4. The Morgan fingerprint density at radius 1 is 1.15 bits per heavy atom. The zero-order chi connectivity index (χ0) is 20.6. The molecule has 0 heterocycles. The second kappa shape index (κ2) is 10.1. The molecule has 1 aromatic rings. The van der Waals surface area contributed by atoms with E-state index >= 15 is 0 Å². The highest BCUT2D eigenvalue weighted by atomic mass is 16.6. The van der Waals surface area contributed by atoms with Gasteiger partial charge in [-0.3, -0.25) is 14.6 Å². The maximum absolute atomic E-state index is 12.5. The zero-order valence-corrected chi connectivity index (χ0v) is 16.8. The highest BCUT2D eigenvalue weighted by molar-refractivity contribution is 5.94. The largest absolute Gasteiger partial charge is 0.458 e. The van der Waals surface area contributed by atoms with Gasteiger partial charge in [-0.2, -0.15) is 0 Å². The van der Waals surface area contributed by atoms with Crippen LogP contribution < -0.4 is 11.2 Å². The van der Waals surface area contributed by atoms with Crippen LogP contribution in [0.4, 0.5) is 0 Å².